The van der Waals surface area contributed by atoms with Gasteiger partial charge in [0.1, 0.15) is 5.75 Å². The summed E-state index contributed by atoms with van der Waals surface area (Å²) in [4.78, 5) is 2.20. The standard InChI is InChI=1S/C15H26N2O/c1-14(2,15(3,4)16)11-17(5)12-9-7-8-10-13(12)18-6/h7-10H,11,16H2,1-6H3. The van der Waals surface area contributed by atoms with Crippen LogP contribution in [-0.4, -0.2) is 26.2 Å². The molecule has 0 aromatic heterocycles. The largest absolute Gasteiger partial charge is 0.495 e. The molecule has 0 heterocycles. The molecule has 3 heteroatoms. The van der Waals surface area contributed by atoms with E-state index in [4.69, 9.17) is 10.5 Å². The third-order valence-electron chi connectivity index (χ3n) is 3.87. The summed E-state index contributed by atoms with van der Waals surface area (Å²) in [6.45, 7) is 9.40. The lowest BCUT2D eigenvalue weighted by atomic mass is 9.75. The molecule has 0 spiro atoms. The van der Waals surface area contributed by atoms with Crippen molar-refractivity contribution in [3.63, 3.8) is 0 Å². The van der Waals surface area contributed by atoms with E-state index in [2.05, 4.69) is 45.7 Å². The second-order valence-electron chi connectivity index (χ2n) is 6.13. The summed E-state index contributed by atoms with van der Waals surface area (Å²) in [5.41, 5.74) is 7.12. The van der Waals surface area contributed by atoms with Crippen LogP contribution in [0.1, 0.15) is 27.7 Å². The fourth-order valence-corrected chi connectivity index (χ4v) is 1.83. The summed E-state index contributed by atoms with van der Waals surface area (Å²) in [7, 11) is 3.77. The van der Waals surface area contributed by atoms with Crippen molar-refractivity contribution in [1.29, 1.82) is 0 Å². The molecule has 0 fully saturated rings. The second kappa shape index (κ2) is 5.19. The monoisotopic (exact) mass is 250 g/mol. The Labute approximate surface area is 111 Å². The van der Waals surface area contributed by atoms with E-state index in [0.29, 0.717) is 0 Å². The van der Waals surface area contributed by atoms with E-state index in [-0.39, 0.29) is 11.0 Å². The topological polar surface area (TPSA) is 38.5 Å². The van der Waals surface area contributed by atoms with E-state index in [1.54, 1.807) is 7.11 Å². The number of nitrogens with zero attached hydrogens (tertiary/aromatic N) is 1. The number of nitrogens with two attached hydrogens (primary N) is 1. The molecule has 0 saturated carbocycles. The van der Waals surface area contributed by atoms with Gasteiger partial charge in [0.05, 0.1) is 12.8 Å². The highest BCUT2D eigenvalue weighted by Gasteiger charge is 2.34. The van der Waals surface area contributed by atoms with Gasteiger partial charge in [-0.2, -0.15) is 0 Å². The van der Waals surface area contributed by atoms with Gasteiger partial charge in [-0.3, -0.25) is 0 Å². The number of para-hydroxylation sites is 2. The van der Waals surface area contributed by atoms with Gasteiger partial charge in [0, 0.05) is 19.1 Å². The molecular weight excluding hydrogens is 224 g/mol. The SMILES string of the molecule is COc1ccccc1N(C)CC(C)(C)C(C)(C)N. The van der Waals surface area contributed by atoms with Crippen LogP contribution in [0.2, 0.25) is 0 Å². The summed E-state index contributed by atoms with van der Waals surface area (Å²) in [6.07, 6.45) is 0. The fraction of sp³-hybridized carbons (Fsp3) is 0.600. The van der Waals surface area contributed by atoms with Crippen LogP contribution in [0.5, 0.6) is 5.75 Å². The van der Waals surface area contributed by atoms with Crippen molar-refractivity contribution in [3.8, 4) is 5.75 Å². The lowest BCUT2D eigenvalue weighted by Crippen LogP contribution is -2.52. The van der Waals surface area contributed by atoms with Crippen molar-refractivity contribution in [1.82, 2.24) is 0 Å². The number of hydrogen-bond acceptors (Lipinski definition) is 3. The van der Waals surface area contributed by atoms with Crippen LogP contribution in [0.4, 0.5) is 5.69 Å². The number of ether oxygens (including phenoxy) is 1. The van der Waals surface area contributed by atoms with Crippen LogP contribution in [0, 0.1) is 5.41 Å². The minimum absolute atomic E-state index is 0.00258. The molecule has 18 heavy (non-hydrogen) atoms. The minimum Gasteiger partial charge on any atom is -0.495 e. The molecule has 102 valence electrons. The highest BCUT2D eigenvalue weighted by atomic mass is 16.5. The Morgan fingerprint density at radius 1 is 1.17 bits per heavy atom. The molecule has 0 aliphatic carbocycles. The first-order chi connectivity index (χ1) is 8.19. The Bertz CT molecular complexity index is 394. The maximum atomic E-state index is 6.25. The number of rotatable bonds is 5. The van der Waals surface area contributed by atoms with Gasteiger partial charge in [0.25, 0.3) is 0 Å². The molecule has 0 radical (unpaired) electrons. The van der Waals surface area contributed by atoms with Gasteiger partial charge in [-0.05, 0) is 31.4 Å². The predicted molar refractivity (Wildman–Crippen MR) is 78.3 cm³/mol. The molecular formula is C15H26N2O. The zero-order chi connectivity index (χ0) is 14.0. The molecule has 1 aromatic carbocycles. The maximum Gasteiger partial charge on any atom is 0.142 e. The fourth-order valence-electron chi connectivity index (χ4n) is 1.83. The summed E-state index contributed by atoms with van der Waals surface area (Å²) < 4.78 is 5.39. The average Bonchev–Trinajstić information content (AvgIpc) is 2.26. The Morgan fingerprint density at radius 2 is 1.72 bits per heavy atom. The van der Waals surface area contributed by atoms with Crippen molar-refractivity contribution in [3.05, 3.63) is 24.3 Å². The third kappa shape index (κ3) is 3.16. The normalized spacial score (nSPS) is 12.4. The number of anilines is 1. The van der Waals surface area contributed by atoms with E-state index in [0.717, 1.165) is 18.0 Å². The van der Waals surface area contributed by atoms with Crippen LogP contribution in [0.15, 0.2) is 24.3 Å². The summed E-state index contributed by atoms with van der Waals surface area (Å²) in [5, 5.41) is 0. The predicted octanol–water partition coefficient (Wildman–Crippen LogP) is 2.89. The second-order valence-corrected chi connectivity index (χ2v) is 6.13. The molecule has 1 aromatic rings. The van der Waals surface area contributed by atoms with Crippen molar-refractivity contribution in [2.75, 3.05) is 25.6 Å². The van der Waals surface area contributed by atoms with Crippen LogP contribution in [-0.2, 0) is 0 Å². The molecule has 0 bridgehead atoms. The molecule has 0 aliphatic heterocycles. The van der Waals surface area contributed by atoms with E-state index >= 15 is 0 Å². The zero-order valence-corrected chi connectivity index (χ0v) is 12.4. The van der Waals surface area contributed by atoms with Gasteiger partial charge in [0.15, 0.2) is 0 Å². The highest BCUT2D eigenvalue weighted by molar-refractivity contribution is 5.58. The summed E-state index contributed by atoms with van der Waals surface area (Å²) in [5.74, 6) is 0.894. The maximum absolute atomic E-state index is 6.25. The first kappa shape index (κ1) is 14.8. The first-order valence-corrected chi connectivity index (χ1v) is 6.32. The molecule has 0 saturated heterocycles. The lowest BCUT2D eigenvalue weighted by Gasteiger charge is -2.42. The van der Waals surface area contributed by atoms with Crippen LogP contribution >= 0.6 is 0 Å². The van der Waals surface area contributed by atoms with Gasteiger partial charge in [-0.15, -0.1) is 0 Å². The Balaban J connectivity index is 2.92. The minimum atomic E-state index is -0.233. The summed E-state index contributed by atoms with van der Waals surface area (Å²) in [6, 6.07) is 8.05. The quantitative estimate of drug-likeness (QED) is 0.873. The first-order valence-electron chi connectivity index (χ1n) is 6.32. The van der Waals surface area contributed by atoms with Crippen LogP contribution in [0.25, 0.3) is 0 Å². The molecule has 0 aliphatic rings. The van der Waals surface area contributed by atoms with E-state index in [1.807, 2.05) is 18.2 Å². The summed E-state index contributed by atoms with van der Waals surface area (Å²) >= 11 is 0. The van der Waals surface area contributed by atoms with E-state index in [9.17, 15) is 0 Å². The molecule has 2 N–H and O–H groups in total. The van der Waals surface area contributed by atoms with Crippen LogP contribution in [0.3, 0.4) is 0 Å². The highest BCUT2D eigenvalue weighted by Crippen LogP contribution is 2.33. The third-order valence-corrected chi connectivity index (χ3v) is 3.87. The van der Waals surface area contributed by atoms with Crippen molar-refractivity contribution >= 4 is 5.69 Å². The van der Waals surface area contributed by atoms with Crippen molar-refractivity contribution in [2.24, 2.45) is 11.1 Å². The molecule has 1 rings (SSSR count). The zero-order valence-electron chi connectivity index (χ0n) is 12.4. The van der Waals surface area contributed by atoms with Crippen molar-refractivity contribution < 1.29 is 4.74 Å². The lowest BCUT2D eigenvalue weighted by molar-refractivity contribution is 0.209. The Kier molecular flexibility index (Phi) is 4.28. The van der Waals surface area contributed by atoms with E-state index in [1.165, 1.54) is 0 Å². The van der Waals surface area contributed by atoms with Crippen LogP contribution < -0.4 is 15.4 Å². The Hall–Kier alpha value is -1.22. The van der Waals surface area contributed by atoms with Gasteiger partial charge < -0.3 is 15.4 Å². The number of methoxy groups -OCH3 is 1. The van der Waals surface area contributed by atoms with Gasteiger partial charge in [-0.25, -0.2) is 0 Å². The van der Waals surface area contributed by atoms with Crippen molar-refractivity contribution in [2.45, 2.75) is 33.2 Å². The van der Waals surface area contributed by atoms with Gasteiger partial charge in [-0.1, -0.05) is 26.0 Å². The molecule has 0 unspecified atom stereocenters. The number of hydrogen-bond donors (Lipinski definition) is 1. The molecule has 0 amide bonds. The molecule has 0 atom stereocenters. The van der Waals surface area contributed by atoms with E-state index < -0.39 is 0 Å². The van der Waals surface area contributed by atoms with Gasteiger partial charge in [0.2, 0.25) is 0 Å². The Morgan fingerprint density at radius 3 is 2.22 bits per heavy atom. The smallest absolute Gasteiger partial charge is 0.142 e. The van der Waals surface area contributed by atoms with Gasteiger partial charge >= 0.3 is 0 Å². The average molecular weight is 250 g/mol. The number of benzene rings is 1. The molecule has 3 nitrogen and oxygen atoms in total.